The van der Waals surface area contributed by atoms with Gasteiger partial charge in [0.2, 0.25) is 0 Å². The first-order valence-corrected chi connectivity index (χ1v) is 9.25. The van der Waals surface area contributed by atoms with Crippen molar-refractivity contribution in [3.63, 3.8) is 0 Å². The van der Waals surface area contributed by atoms with Crippen LogP contribution in [0, 0.1) is 5.82 Å². The summed E-state index contributed by atoms with van der Waals surface area (Å²) >= 11 is 12.9. The first kappa shape index (κ1) is 20.8. The second kappa shape index (κ2) is 8.59. The van der Waals surface area contributed by atoms with Crippen LogP contribution in [0.3, 0.4) is 0 Å². The highest BCUT2D eigenvalue weighted by atomic mass is 35.5. The van der Waals surface area contributed by atoms with Crippen molar-refractivity contribution in [2.45, 2.75) is 19.9 Å². The van der Waals surface area contributed by atoms with Gasteiger partial charge in [-0.3, -0.25) is 4.79 Å². The third kappa shape index (κ3) is 4.90. The first-order chi connectivity index (χ1) is 13.7. The van der Waals surface area contributed by atoms with Crippen LogP contribution < -0.4 is 11.5 Å². The van der Waals surface area contributed by atoms with Gasteiger partial charge in [-0.2, -0.15) is 0 Å². The Hall–Kier alpha value is -2.97. The Balaban J connectivity index is 1.91. The number of carbonyl (C=O) groups excluding carboxylic acids is 1. The lowest BCUT2D eigenvalue weighted by Crippen LogP contribution is -2.13. The first-order valence-electron chi connectivity index (χ1n) is 8.50. The van der Waals surface area contributed by atoms with Crippen LogP contribution in [-0.4, -0.2) is 26.7 Å². The van der Waals surface area contributed by atoms with Crippen LogP contribution in [0.15, 0.2) is 41.4 Å². The molecular formula is C19H17Cl2FN6O. The lowest BCUT2D eigenvalue weighted by Gasteiger charge is -2.11. The molecule has 7 nitrogen and oxygen atoms in total. The van der Waals surface area contributed by atoms with Gasteiger partial charge in [0.1, 0.15) is 5.82 Å². The number of hydrogen-bond acceptors (Lipinski definition) is 4. The summed E-state index contributed by atoms with van der Waals surface area (Å²) in [5.74, 6) is -0.695. The number of aliphatic imine (C=N–C) groups is 1. The number of carbonyl (C=O) groups is 1. The molecule has 0 aliphatic rings. The molecule has 0 radical (unpaired) electrons. The molecule has 1 amide bonds. The number of primary amides is 1. The Morgan fingerprint density at radius 2 is 1.76 bits per heavy atom. The molecule has 150 valence electrons. The molecule has 0 saturated carbocycles. The molecule has 0 atom stereocenters. The highest BCUT2D eigenvalue weighted by Gasteiger charge is 2.18. The molecule has 0 aliphatic heterocycles. The predicted molar refractivity (Wildman–Crippen MR) is 110 cm³/mol. The molecule has 3 rings (SSSR count). The highest BCUT2D eigenvalue weighted by Crippen LogP contribution is 2.30. The summed E-state index contributed by atoms with van der Waals surface area (Å²) in [6.07, 6.45) is 0.454. The van der Waals surface area contributed by atoms with Crippen molar-refractivity contribution in [1.29, 1.82) is 0 Å². The summed E-state index contributed by atoms with van der Waals surface area (Å²) in [5, 5.41) is 8.60. The van der Waals surface area contributed by atoms with E-state index in [2.05, 4.69) is 15.3 Å². The second-order valence-electron chi connectivity index (χ2n) is 6.38. The van der Waals surface area contributed by atoms with Crippen molar-refractivity contribution < 1.29 is 9.18 Å². The fourth-order valence-corrected chi connectivity index (χ4v) is 3.41. The lowest BCUT2D eigenvalue weighted by molar-refractivity contribution is 0.0996. The highest BCUT2D eigenvalue weighted by molar-refractivity contribution is 6.36. The number of hydrogen-bond donors (Lipinski definition) is 2. The molecular weight excluding hydrogens is 418 g/mol. The number of amidine groups is 1. The van der Waals surface area contributed by atoms with Gasteiger partial charge in [0.25, 0.3) is 5.91 Å². The van der Waals surface area contributed by atoms with Gasteiger partial charge in [-0.15, -0.1) is 5.10 Å². The molecule has 0 saturated heterocycles. The summed E-state index contributed by atoms with van der Waals surface area (Å²) in [5.41, 5.74) is 13.2. The van der Waals surface area contributed by atoms with E-state index in [1.807, 2.05) is 0 Å². The molecule has 2 aromatic carbocycles. The van der Waals surface area contributed by atoms with E-state index in [1.165, 1.54) is 16.8 Å². The third-order valence-electron chi connectivity index (χ3n) is 4.05. The van der Waals surface area contributed by atoms with Crippen LogP contribution in [0.2, 0.25) is 10.0 Å². The fourth-order valence-electron chi connectivity index (χ4n) is 2.75. The Bertz CT molecular complexity index is 1070. The second-order valence-corrected chi connectivity index (χ2v) is 7.19. The van der Waals surface area contributed by atoms with E-state index >= 15 is 0 Å². The number of nitrogens with two attached hydrogens (primary N) is 2. The van der Waals surface area contributed by atoms with Crippen LogP contribution in [0.5, 0.6) is 0 Å². The minimum absolute atomic E-state index is 0.0834. The summed E-state index contributed by atoms with van der Waals surface area (Å²) in [6.45, 7) is 1.77. The largest absolute Gasteiger partial charge is 0.387 e. The standard InChI is InChI=1S/C19H17Cl2FN6O/c1-10(23)25-19-17(18(24)29)26-27-28(19)9-12-7-15(20)14(16(21)8-12)6-11-2-4-13(22)5-3-11/h2-5,7-8H,6,9H2,1H3,(H2,23,25)(H2,24,29). The predicted octanol–water partition coefficient (Wildman–Crippen LogP) is 3.47. The number of benzene rings is 2. The molecule has 0 spiro atoms. The summed E-state index contributed by atoms with van der Waals surface area (Å²) < 4.78 is 14.5. The fraction of sp³-hybridized carbons (Fsp3) is 0.158. The van der Waals surface area contributed by atoms with Crippen LogP contribution in [0.4, 0.5) is 10.2 Å². The SMILES string of the molecule is CC(N)=Nc1c(C(N)=O)nnn1Cc1cc(Cl)c(Cc2ccc(F)cc2)c(Cl)c1. The summed E-state index contributed by atoms with van der Waals surface area (Å²) in [6, 6.07) is 9.59. The number of aromatic nitrogens is 3. The zero-order valence-corrected chi connectivity index (χ0v) is 16.9. The topological polar surface area (TPSA) is 112 Å². The monoisotopic (exact) mass is 434 g/mol. The minimum atomic E-state index is -0.762. The van der Waals surface area contributed by atoms with Crippen molar-refractivity contribution in [3.05, 3.63) is 74.6 Å². The summed E-state index contributed by atoms with van der Waals surface area (Å²) in [4.78, 5) is 15.6. The molecule has 3 aromatic rings. The molecule has 4 N–H and O–H groups in total. The maximum atomic E-state index is 13.1. The number of rotatable bonds is 6. The number of amides is 1. The van der Waals surface area contributed by atoms with Crippen molar-refractivity contribution in [2.75, 3.05) is 0 Å². The maximum Gasteiger partial charge on any atom is 0.273 e. The molecule has 0 unspecified atom stereocenters. The van der Waals surface area contributed by atoms with Crippen molar-refractivity contribution >= 4 is 40.8 Å². The Kier molecular flexibility index (Phi) is 6.14. The van der Waals surface area contributed by atoms with Gasteiger partial charge < -0.3 is 11.5 Å². The number of halogens is 3. The quantitative estimate of drug-likeness (QED) is 0.456. The van der Waals surface area contributed by atoms with Gasteiger partial charge in [0, 0.05) is 16.5 Å². The van der Waals surface area contributed by atoms with E-state index in [0.29, 0.717) is 16.5 Å². The van der Waals surface area contributed by atoms with E-state index in [1.54, 1.807) is 31.2 Å². The van der Waals surface area contributed by atoms with Crippen molar-refractivity contribution in [3.8, 4) is 0 Å². The van der Waals surface area contributed by atoms with Gasteiger partial charge in [-0.1, -0.05) is 40.5 Å². The van der Waals surface area contributed by atoms with Gasteiger partial charge >= 0.3 is 0 Å². The average molecular weight is 435 g/mol. The van der Waals surface area contributed by atoms with Gasteiger partial charge in [-0.25, -0.2) is 14.1 Å². The zero-order chi connectivity index (χ0) is 21.1. The van der Waals surface area contributed by atoms with Gasteiger partial charge in [-0.05, 0) is 47.9 Å². The van der Waals surface area contributed by atoms with E-state index in [9.17, 15) is 9.18 Å². The van der Waals surface area contributed by atoms with E-state index in [4.69, 9.17) is 34.7 Å². The Morgan fingerprint density at radius 3 is 2.31 bits per heavy atom. The maximum absolute atomic E-state index is 13.1. The Morgan fingerprint density at radius 1 is 1.14 bits per heavy atom. The van der Waals surface area contributed by atoms with Crippen LogP contribution >= 0.6 is 23.2 Å². The van der Waals surface area contributed by atoms with E-state index in [-0.39, 0.29) is 29.7 Å². The normalized spacial score (nSPS) is 11.7. The third-order valence-corrected chi connectivity index (χ3v) is 4.73. The van der Waals surface area contributed by atoms with Crippen LogP contribution in [0.1, 0.15) is 34.1 Å². The smallest absolute Gasteiger partial charge is 0.273 e. The van der Waals surface area contributed by atoms with Crippen molar-refractivity contribution in [1.82, 2.24) is 15.0 Å². The molecule has 29 heavy (non-hydrogen) atoms. The molecule has 1 aromatic heterocycles. The average Bonchev–Trinajstić information content (AvgIpc) is 3.01. The van der Waals surface area contributed by atoms with E-state index < -0.39 is 5.91 Å². The van der Waals surface area contributed by atoms with Crippen LogP contribution in [0.25, 0.3) is 0 Å². The molecule has 1 heterocycles. The number of nitrogens with zero attached hydrogens (tertiary/aromatic N) is 4. The van der Waals surface area contributed by atoms with Gasteiger partial charge in [0.05, 0.1) is 12.4 Å². The summed E-state index contributed by atoms with van der Waals surface area (Å²) in [7, 11) is 0. The van der Waals surface area contributed by atoms with Crippen molar-refractivity contribution in [2.24, 2.45) is 16.5 Å². The molecule has 0 fully saturated rings. The minimum Gasteiger partial charge on any atom is -0.387 e. The molecule has 10 heteroatoms. The van der Waals surface area contributed by atoms with Crippen LogP contribution in [-0.2, 0) is 13.0 Å². The molecule has 0 aliphatic carbocycles. The molecule has 0 bridgehead atoms. The van der Waals surface area contributed by atoms with E-state index in [0.717, 1.165) is 16.7 Å². The van der Waals surface area contributed by atoms with Gasteiger partial charge in [0.15, 0.2) is 11.5 Å². The Labute approximate surface area is 176 Å². The lowest BCUT2D eigenvalue weighted by atomic mass is 10.0. The zero-order valence-electron chi connectivity index (χ0n) is 15.4.